The Morgan fingerprint density at radius 3 is 2.16 bits per heavy atom. The third-order valence-corrected chi connectivity index (χ3v) is 7.16. The van der Waals surface area contributed by atoms with Crippen molar-refractivity contribution in [1.29, 1.82) is 0 Å². The summed E-state index contributed by atoms with van der Waals surface area (Å²) in [5, 5.41) is 5.25. The molecule has 0 radical (unpaired) electrons. The highest BCUT2D eigenvalue weighted by molar-refractivity contribution is 7.98. The number of aromatic nitrogens is 1. The first-order valence-electron chi connectivity index (χ1n) is 10.1. The van der Waals surface area contributed by atoms with Crippen molar-refractivity contribution in [2.24, 2.45) is 0 Å². The number of benzene rings is 3. The van der Waals surface area contributed by atoms with E-state index in [1.807, 2.05) is 71.6 Å². The lowest BCUT2D eigenvalue weighted by molar-refractivity contribution is 0.0944. The summed E-state index contributed by atoms with van der Waals surface area (Å²) in [6.45, 7) is 2.69. The van der Waals surface area contributed by atoms with Crippen molar-refractivity contribution < 1.29 is 4.79 Å². The van der Waals surface area contributed by atoms with Crippen LogP contribution in [0.4, 0.5) is 0 Å². The first-order chi connectivity index (χ1) is 15.2. The van der Waals surface area contributed by atoms with Crippen molar-refractivity contribution in [2.45, 2.75) is 23.0 Å². The number of thioether (sulfide) groups is 1. The van der Waals surface area contributed by atoms with E-state index >= 15 is 0 Å². The number of carbonyl (C=O) groups excluding carboxylic acids is 1. The smallest absolute Gasteiger partial charge is 0.252 e. The second-order valence-corrected chi connectivity index (χ2v) is 9.25. The Hall–Kier alpha value is -2.89. The van der Waals surface area contributed by atoms with E-state index in [1.54, 1.807) is 23.1 Å². The highest BCUT2D eigenvalue weighted by Crippen LogP contribution is 2.32. The number of hydrogen-bond acceptors (Lipinski definition) is 4. The Morgan fingerprint density at radius 2 is 1.55 bits per heavy atom. The van der Waals surface area contributed by atoms with Crippen LogP contribution >= 0.6 is 23.1 Å². The lowest BCUT2D eigenvalue weighted by Crippen LogP contribution is -2.39. The predicted molar refractivity (Wildman–Crippen MR) is 130 cm³/mol. The van der Waals surface area contributed by atoms with Gasteiger partial charge in [-0.25, -0.2) is 4.98 Å². The van der Waals surface area contributed by atoms with Crippen LogP contribution in [0.15, 0.2) is 101 Å². The molecule has 0 bridgehead atoms. The SMILES string of the molecule is CC(CNC(=O)c1ccccc1SCc1cscn1)(c1ccccc1)c1ccccc1. The Morgan fingerprint density at radius 1 is 0.935 bits per heavy atom. The minimum Gasteiger partial charge on any atom is -0.351 e. The average molecular weight is 445 g/mol. The minimum atomic E-state index is -0.332. The van der Waals surface area contributed by atoms with E-state index in [0.717, 1.165) is 16.3 Å². The molecule has 0 aliphatic heterocycles. The highest BCUT2D eigenvalue weighted by atomic mass is 32.2. The summed E-state index contributed by atoms with van der Waals surface area (Å²) in [6, 6.07) is 28.5. The van der Waals surface area contributed by atoms with Crippen LogP contribution in [0.3, 0.4) is 0 Å². The fourth-order valence-corrected chi connectivity index (χ4v) is 5.19. The molecule has 0 aliphatic rings. The summed E-state index contributed by atoms with van der Waals surface area (Å²) in [5.74, 6) is 0.693. The maximum Gasteiger partial charge on any atom is 0.252 e. The first-order valence-corrected chi connectivity index (χ1v) is 12.1. The maximum absolute atomic E-state index is 13.2. The standard InChI is InChI=1S/C26H24N2OS2/c1-26(20-10-4-2-5-11-20,21-12-6-3-7-13-21)18-27-25(29)23-14-8-9-15-24(23)31-17-22-16-30-19-28-22/h2-16,19H,17-18H2,1H3,(H,27,29). The van der Waals surface area contributed by atoms with Gasteiger partial charge in [0.15, 0.2) is 0 Å². The fourth-order valence-electron chi connectivity index (χ4n) is 3.58. The van der Waals surface area contributed by atoms with E-state index in [4.69, 9.17) is 0 Å². The minimum absolute atomic E-state index is 0.0561. The second kappa shape index (κ2) is 9.94. The summed E-state index contributed by atoms with van der Waals surface area (Å²) in [4.78, 5) is 18.5. The molecule has 156 valence electrons. The molecule has 0 saturated heterocycles. The summed E-state index contributed by atoms with van der Waals surface area (Å²) in [7, 11) is 0. The molecule has 4 rings (SSSR count). The van der Waals surface area contributed by atoms with Gasteiger partial charge in [0.25, 0.3) is 5.91 Å². The van der Waals surface area contributed by atoms with Crippen LogP contribution in [-0.2, 0) is 11.2 Å². The maximum atomic E-state index is 13.2. The van der Waals surface area contributed by atoms with Crippen LogP contribution in [0, 0.1) is 0 Å². The van der Waals surface area contributed by atoms with Crippen molar-refractivity contribution in [3.05, 3.63) is 118 Å². The number of carbonyl (C=O) groups is 1. The lowest BCUT2D eigenvalue weighted by Gasteiger charge is -2.31. The van der Waals surface area contributed by atoms with Crippen molar-refractivity contribution >= 4 is 29.0 Å². The van der Waals surface area contributed by atoms with Crippen LogP contribution in [0.25, 0.3) is 0 Å². The molecule has 5 heteroatoms. The van der Waals surface area contributed by atoms with Gasteiger partial charge in [-0.1, -0.05) is 72.8 Å². The first kappa shape index (κ1) is 21.3. The van der Waals surface area contributed by atoms with Crippen molar-refractivity contribution in [3.8, 4) is 0 Å². The molecule has 0 atom stereocenters. The van der Waals surface area contributed by atoms with E-state index in [1.165, 1.54) is 11.1 Å². The molecule has 3 aromatic carbocycles. The Kier molecular flexibility index (Phi) is 6.85. The van der Waals surface area contributed by atoms with Gasteiger partial charge in [-0.2, -0.15) is 0 Å². The van der Waals surface area contributed by atoms with E-state index in [9.17, 15) is 4.79 Å². The second-order valence-electron chi connectivity index (χ2n) is 7.51. The molecule has 3 nitrogen and oxygen atoms in total. The van der Waals surface area contributed by atoms with Crippen molar-refractivity contribution in [3.63, 3.8) is 0 Å². The van der Waals surface area contributed by atoms with Gasteiger partial charge in [0, 0.05) is 28.0 Å². The third-order valence-electron chi connectivity index (χ3n) is 5.42. The fraction of sp³-hybridized carbons (Fsp3) is 0.154. The quantitative estimate of drug-likeness (QED) is 0.330. The molecule has 1 heterocycles. The van der Waals surface area contributed by atoms with Crippen molar-refractivity contribution in [1.82, 2.24) is 10.3 Å². The summed E-state index contributed by atoms with van der Waals surface area (Å²) in [5.41, 5.74) is 5.58. The van der Waals surface area contributed by atoms with E-state index < -0.39 is 0 Å². The van der Waals surface area contributed by atoms with Gasteiger partial charge < -0.3 is 5.32 Å². The number of amides is 1. The van der Waals surface area contributed by atoms with Crippen LogP contribution in [-0.4, -0.2) is 17.4 Å². The van der Waals surface area contributed by atoms with Gasteiger partial charge >= 0.3 is 0 Å². The molecule has 1 N–H and O–H groups in total. The van der Waals surface area contributed by atoms with Gasteiger partial charge in [0.2, 0.25) is 0 Å². The van der Waals surface area contributed by atoms with Crippen LogP contribution in [0.2, 0.25) is 0 Å². The van der Waals surface area contributed by atoms with Crippen molar-refractivity contribution in [2.75, 3.05) is 6.54 Å². The van der Waals surface area contributed by atoms with Gasteiger partial charge in [0.1, 0.15) is 0 Å². The van der Waals surface area contributed by atoms with Gasteiger partial charge in [-0.3, -0.25) is 4.79 Å². The highest BCUT2D eigenvalue weighted by Gasteiger charge is 2.29. The molecule has 0 fully saturated rings. The Bertz CT molecular complexity index is 1070. The largest absolute Gasteiger partial charge is 0.351 e. The molecular weight excluding hydrogens is 420 g/mol. The summed E-state index contributed by atoms with van der Waals surface area (Å²) < 4.78 is 0. The summed E-state index contributed by atoms with van der Waals surface area (Å²) in [6.07, 6.45) is 0. The third kappa shape index (κ3) is 5.06. The average Bonchev–Trinajstić information content (AvgIpc) is 3.36. The topological polar surface area (TPSA) is 42.0 Å². The Labute approximate surface area is 191 Å². The van der Waals surface area contributed by atoms with Crippen LogP contribution < -0.4 is 5.32 Å². The zero-order valence-corrected chi connectivity index (χ0v) is 19.0. The normalized spacial score (nSPS) is 11.3. The van der Waals surface area contributed by atoms with Gasteiger partial charge in [-0.05, 0) is 30.2 Å². The lowest BCUT2D eigenvalue weighted by atomic mass is 9.76. The molecule has 0 saturated carbocycles. The van der Waals surface area contributed by atoms with Gasteiger partial charge in [0.05, 0.1) is 16.8 Å². The van der Waals surface area contributed by atoms with Crippen LogP contribution in [0.5, 0.6) is 0 Å². The number of rotatable bonds is 8. The molecule has 1 aromatic heterocycles. The molecule has 0 unspecified atom stereocenters. The molecule has 0 aliphatic carbocycles. The zero-order valence-electron chi connectivity index (χ0n) is 17.3. The van der Waals surface area contributed by atoms with E-state index in [2.05, 4.69) is 41.5 Å². The monoisotopic (exact) mass is 444 g/mol. The predicted octanol–water partition coefficient (Wildman–Crippen LogP) is 6.17. The number of nitrogens with zero attached hydrogens (tertiary/aromatic N) is 1. The molecule has 1 amide bonds. The molecular formula is C26H24N2OS2. The number of thiazole rings is 1. The number of hydrogen-bond donors (Lipinski definition) is 1. The van der Waals surface area contributed by atoms with E-state index in [-0.39, 0.29) is 11.3 Å². The summed E-state index contributed by atoms with van der Waals surface area (Å²) >= 11 is 3.23. The van der Waals surface area contributed by atoms with Crippen LogP contribution in [0.1, 0.15) is 34.1 Å². The Balaban J connectivity index is 1.54. The molecule has 0 spiro atoms. The van der Waals surface area contributed by atoms with E-state index in [0.29, 0.717) is 12.1 Å². The molecule has 4 aromatic rings. The number of nitrogens with one attached hydrogen (secondary N) is 1. The zero-order chi connectivity index (χ0) is 21.5. The molecule has 31 heavy (non-hydrogen) atoms. The van der Waals surface area contributed by atoms with Gasteiger partial charge in [-0.15, -0.1) is 23.1 Å².